The molecule has 0 aliphatic carbocycles. The molecule has 0 aromatic carbocycles. The van der Waals surface area contributed by atoms with Crippen molar-refractivity contribution in [2.45, 2.75) is 24.0 Å². The predicted molar refractivity (Wildman–Crippen MR) is 64.6 cm³/mol. The van der Waals surface area contributed by atoms with E-state index in [9.17, 15) is 18.0 Å². The zero-order valence-electron chi connectivity index (χ0n) is 10.6. The molecule has 0 spiro atoms. The Morgan fingerprint density at radius 2 is 2.20 bits per heavy atom. The Labute approximate surface area is 115 Å². The van der Waals surface area contributed by atoms with E-state index in [2.05, 4.69) is 4.74 Å². The quantitative estimate of drug-likeness (QED) is 0.796. The molecule has 1 saturated heterocycles. The summed E-state index contributed by atoms with van der Waals surface area (Å²) in [6.45, 7) is 0.105. The van der Waals surface area contributed by atoms with Gasteiger partial charge in [-0.1, -0.05) is 0 Å². The molecule has 9 heteroatoms. The number of ether oxygens (including phenoxy) is 1. The van der Waals surface area contributed by atoms with E-state index in [1.165, 1.54) is 0 Å². The molecule has 0 saturated carbocycles. The SMILES string of the molecule is COC(=O)c1coc(S(=O)(=O)N2CCCC2C(=O)O)c1. The Hall–Kier alpha value is -1.87. The van der Waals surface area contributed by atoms with E-state index in [1.807, 2.05) is 0 Å². The maximum Gasteiger partial charge on any atom is 0.341 e. The number of hydrogen-bond donors (Lipinski definition) is 1. The van der Waals surface area contributed by atoms with Crippen LogP contribution in [-0.2, 0) is 19.6 Å². The normalized spacial score (nSPS) is 19.9. The Kier molecular flexibility index (Phi) is 3.82. The molecule has 1 unspecified atom stereocenters. The van der Waals surface area contributed by atoms with Gasteiger partial charge in [0.25, 0.3) is 10.0 Å². The fourth-order valence-corrected chi connectivity index (χ4v) is 3.64. The summed E-state index contributed by atoms with van der Waals surface area (Å²) in [7, 11) is -2.92. The molecule has 1 aromatic rings. The predicted octanol–water partition coefficient (Wildman–Crippen LogP) is 0.304. The largest absolute Gasteiger partial charge is 0.480 e. The van der Waals surface area contributed by atoms with Crippen LogP contribution in [0.3, 0.4) is 0 Å². The van der Waals surface area contributed by atoms with Gasteiger partial charge in [-0.3, -0.25) is 4.79 Å². The topological polar surface area (TPSA) is 114 Å². The van der Waals surface area contributed by atoms with E-state index in [0.717, 1.165) is 23.7 Å². The van der Waals surface area contributed by atoms with E-state index in [1.54, 1.807) is 0 Å². The molecule has 1 fully saturated rings. The number of hydrogen-bond acceptors (Lipinski definition) is 6. The highest BCUT2D eigenvalue weighted by molar-refractivity contribution is 7.89. The van der Waals surface area contributed by atoms with Crippen LogP contribution in [0, 0.1) is 0 Å². The number of nitrogens with zero attached hydrogens (tertiary/aromatic N) is 1. The summed E-state index contributed by atoms with van der Waals surface area (Å²) in [4.78, 5) is 22.3. The van der Waals surface area contributed by atoms with Gasteiger partial charge in [0.05, 0.1) is 12.7 Å². The summed E-state index contributed by atoms with van der Waals surface area (Å²) in [5.74, 6) is -1.93. The van der Waals surface area contributed by atoms with E-state index >= 15 is 0 Å². The summed E-state index contributed by atoms with van der Waals surface area (Å²) in [6, 6.07) is -0.0787. The number of carboxylic acids is 1. The van der Waals surface area contributed by atoms with Crippen LogP contribution in [0.15, 0.2) is 21.8 Å². The first-order valence-electron chi connectivity index (χ1n) is 5.79. The monoisotopic (exact) mass is 303 g/mol. The second kappa shape index (κ2) is 5.25. The molecule has 0 amide bonds. The van der Waals surface area contributed by atoms with Crippen molar-refractivity contribution in [2.75, 3.05) is 13.7 Å². The van der Waals surface area contributed by atoms with Gasteiger partial charge in [0.15, 0.2) is 0 Å². The average Bonchev–Trinajstić information content (AvgIpc) is 3.06. The molecule has 8 nitrogen and oxygen atoms in total. The van der Waals surface area contributed by atoms with Crippen molar-refractivity contribution in [3.05, 3.63) is 17.9 Å². The van der Waals surface area contributed by atoms with Gasteiger partial charge in [-0.15, -0.1) is 0 Å². The van der Waals surface area contributed by atoms with Gasteiger partial charge in [-0.2, -0.15) is 4.31 Å². The van der Waals surface area contributed by atoms with Crippen molar-refractivity contribution in [2.24, 2.45) is 0 Å². The van der Waals surface area contributed by atoms with Crippen LogP contribution in [0.4, 0.5) is 0 Å². The molecule has 0 bridgehead atoms. The molecular weight excluding hydrogens is 290 g/mol. The highest BCUT2D eigenvalue weighted by Crippen LogP contribution is 2.27. The second-order valence-corrected chi connectivity index (χ2v) is 6.08. The molecule has 110 valence electrons. The van der Waals surface area contributed by atoms with Crippen molar-refractivity contribution in [3.63, 3.8) is 0 Å². The lowest BCUT2D eigenvalue weighted by atomic mass is 10.2. The first kappa shape index (κ1) is 14.5. The van der Waals surface area contributed by atoms with Crippen LogP contribution in [0.2, 0.25) is 0 Å². The van der Waals surface area contributed by atoms with Gasteiger partial charge < -0.3 is 14.3 Å². The van der Waals surface area contributed by atoms with Crippen LogP contribution in [0.25, 0.3) is 0 Å². The number of carbonyl (C=O) groups excluding carboxylic acids is 1. The second-order valence-electron chi connectivity index (χ2n) is 4.26. The van der Waals surface area contributed by atoms with Crippen LogP contribution in [-0.4, -0.2) is 49.5 Å². The molecule has 20 heavy (non-hydrogen) atoms. The molecule has 1 aliphatic rings. The van der Waals surface area contributed by atoms with Gasteiger partial charge in [0.1, 0.15) is 12.3 Å². The third-order valence-corrected chi connectivity index (χ3v) is 4.83. The average molecular weight is 303 g/mol. The Balaban J connectivity index is 2.33. The molecule has 1 aliphatic heterocycles. The van der Waals surface area contributed by atoms with Crippen molar-refractivity contribution < 1.29 is 32.3 Å². The lowest BCUT2D eigenvalue weighted by Gasteiger charge is -2.19. The summed E-state index contributed by atoms with van der Waals surface area (Å²) in [5, 5.41) is 8.55. The number of furan rings is 1. The molecule has 1 atom stereocenters. The number of carboxylic acid groups (broad SMARTS) is 1. The number of rotatable bonds is 4. The van der Waals surface area contributed by atoms with Crippen molar-refractivity contribution in [1.29, 1.82) is 0 Å². The van der Waals surface area contributed by atoms with Crippen molar-refractivity contribution in [1.82, 2.24) is 4.31 Å². The van der Waals surface area contributed by atoms with Crippen LogP contribution in [0.5, 0.6) is 0 Å². The fourth-order valence-electron chi connectivity index (χ4n) is 2.07. The van der Waals surface area contributed by atoms with Gasteiger partial charge in [0, 0.05) is 12.6 Å². The molecule has 2 rings (SSSR count). The summed E-state index contributed by atoms with van der Waals surface area (Å²) < 4.78 is 34.8. The lowest BCUT2D eigenvalue weighted by molar-refractivity contribution is -0.140. The number of esters is 1. The third-order valence-electron chi connectivity index (χ3n) is 3.05. The standard InChI is InChI=1S/C11H13NO7S/c1-18-11(15)7-5-9(19-6-7)20(16,17)12-4-2-3-8(12)10(13)14/h5-6,8H,2-4H2,1H3,(H,13,14). The zero-order chi connectivity index (χ0) is 14.9. The van der Waals surface area contributed by atoms with E-state index in [-0.39, 0.29) is 18.5 Å². The van der Waals surface area contributed by atoms with Gasteiger partial charge >= 0.3 is 11.9 Å². The summed E-state index contributed by atoms with van der Waals surface area (Å²) >= 11 is 0. The Morgan fingerprint density at radius 3 is 2.80 bits per heavy atom. The molecule has 2 heterocycles. The minimum atomic E-state index is -4.08. The van der Waals surface area contributed by atoms with Gasteiger partial charge in [0.2, 0.25) is 5.09 Å². The maximum atomic E-state index is 12.3. The summed E-state index contributed by atoms with van der Waals surface area (Å²) in [5.41, 5.74) is -0.0443. The Bertz CT molecular complexity index is 633. The third kappa shape index (κ3) is 2.41. The van der Waals surface area contributed by atoms with Gasteiger partial charge in [-0.05, 0) is 12.8 Å². The van der Waals surface area contributed by atoms with Crippen LogP contribution < -0.4 is 0 Å². The first-order valence-corrected chi connectivity index (χ1v) is 7.23. The van der Waals surface area contributed by atoms with Crippen molar-refractivity contribution in [3.8, 4) is 0 Å². The maximum absolute atomic E-state index is 12.3. The minimum Gasteiger partial charge on any atom is -0.480 e. The number of aliphatic carboxylic acids is 1. The van der Waals surface area contributed by atoms with E-state index in [0.29, 0.717) is 6.42 Å². The molecular formula is C11H13NO7S. The molecule has 1 aromatic heterocycles. The van der Waals surface area contributed by atoms with E-state index < -0.39 is 33.1 Å². The Morgan fingerprint density at radius 1 is 1.50 bits per heavy atom. The zero-order valence-corrected chi connectivity index (χ0v) is 11.4. The van der Waals surface area contributed by atoms with E-state index in [4.69, 9.17) is 9.52 Å². The first-order chi connectivity index (χ1) is 9.37. The smallest absolute Gasteiger partial charge is 0.341 e. The number of methoxy groups -OCH3 is 1. The number of carbonyl (C=O) groups is 2. The van der Waals surface area contributed by atoms with Gasteiger partial charge in [-0.25, -0.2) is 13.2 Å². The highest BCUT2D eigenvalue weighted by Gasteiger charge is 2.41. The van der Waals surface area contributed by atoms with Crippen molar-refractivity contribution >= 4 is 22.0 Å². The lowest BCUT2D eigenvalue weighted by Crippen LogP contribution is -2.40. The molecule has 0 radical (unpaired) electrons. The minimum absolute atomic E-state index is 0.0443. The fraction of sp³-hybridized carbons (Fsp3) is 0.455. The van der Waals surface area contributed by atoms with Crippen LogP contribution in [0.1, 0.15) is 23.2 Å². The number of sulfonamides is 1. The summed E-state index contributed by atoms with van der Waals surface area (Å²) in [6.07, 6.45) is 1.67. The van der Waals surface area contributed by atoms with Crippen LogP contribution >= 0.6 is 0 Å². The molecule has 1 N–H and O–H groups in total. The highest BCUT2D eigenvalue weighted by atomic mass is 32.2.